The SMILES string of the molecule is CC(C)(C)[Si](OC[C@H]1O[C@H](Sc2ccccc2)[C@@H](O[Si](c2ccccc2)(c2ccccc2)C(C)(C)C)[C@@H](O)[C@@H]1O)(c1ccccc1)c1ccccc1. The molecule has 0 amide bonds. The molecule has 2 N–H and O–H groups in total. The van der Waals surface area contributed by atoms with E-state index in [-0.39, 0.29) is 16.7 Å². The number of hydrogen-bond acceptors (Lipinski definition) is 6. The van der Waals surface area contributed by atoms with Gasteiger partial charge in [0.05, 0.1) is 6.61 Å². The number of hydrogen-bond donors (Lipinski definition) is 2. The highest BCUT2D eigenvalue weighted by Gasteiger charge is 2.57. The smallest absolute Gasteiger partial charge is 0.261 e. The van der Waals surface area contributed by atoms with Gasteiger partial charge < -0.3 is 23.8 Å². The molecule has 0 unspecified atom stereocenters. The van der Waals surface area contributed by atoms with Crippen LogP contribution in [0.5, 0.6) is 0 Å². The number of aliphatic hydroxyl groups excluding tert-OH is 2. The van der Waals surface area contributed by atoms with E-state index in [2.05, 4.69) is 114 Å². The Bertz CT molecular complexity index is 1750. The summed E-state index contributed by atoms with van der Waals surface area (Å²) in [5.41, 5.74) is -0.643. The van der Waals surface area contributed by atoms with Gasteiger partial charge in [0.25, 0.3) is 16.6 Å². The van der Waals surface area contributed by atoms with Gasteiger partial charge in [-0.2, -0.15) is 0 Å². The summed E-state index contributed by atoms with van der Waals surface area (Å²) in [7, 11) is -6.09. The Kier molecular flexibility index (Phi) is 11.8. The minimum Gasteiger partial charge on any atom is -0.405 e. The van der Waals surface area contributed by atoms with Gasteiger partial charge >= 0.3 is 0 Å². The zero-order valence-corrected chi connectivity index (χ0v) is 33.9. The van der Waals surface area contributed by atoms with E-state index in [9.17, 15) is 10.2 Å². The van der Waals surface area contributed by atoms with Gasteiger partial charge in [-0.1, -0.05) is 193 Å². The Balaban J connectivity index is 1.41. The van der Waals surface area contributed by atoms with Crippen molar-refractivity contribution in [3.63, 3.8) is 0 Å². The molecule has 8 heteroatoms. The highest BCUT2D eigenvalue weighted by molar-refractivity contribution is 7.99. The molecule has 272 valence electrons. The fraction of sp³-hybridized carbons (Fsp3) is 0.318. The van der Waals surface area contributed by atoms with Crippen LogP contribution in [0.3, 0.4) is 0 Å². The van der Waals surface area contributed by atoms with E-state index in [4.69, 9.17) is 13.6 Å². The number of ether oxygens (including phenoxy) is 1. The van der Waals surface area contributed by atoms with Crippen molar-refractivity contribution in [2.75, 3.05) is 6.61 Å². The first-order chi connectivity index (χ1) is 24.9. The summed E-state index contributed by atoms with van der Waals surface area (Å²) in [5, 5.41) is 28.2. The molecule has 5 aromatic rings. The number of aliphatic hydroxyl groups is 2. The van der Waals surface area contributed by atoms with Crippen molar-refractivity contribution in [3.05, 3.63) is 152 Å². The van der Waals surface area contributed by atoms with E-state index in [0.29, 0.717) is 0 Å². The van der Waals surface area contributed by atoms with Gasteiger partial charge in [0.15, 0.2) is 0 Å². The number of rotatable bonds is 11. The van der Waals surface area contributed by atoms with Crippen molar-refractivity contribution in [2.45, 2.75) is 86.4 Å². The molecule has 0 aromatic heterocycles. The Morgan fingerprint density at radius 3 is 1.29 bits per heavy atom. The average molecular weight is 749 g/mol. The highest BCUT2D eigenvalue weighted by atomic mass is 32.2. The molecule has 1 heterocycles. The monoisotopic (exact) mass is 748 g/mol. The number of benzene rings is 5. The van der Waals surface area contributed by atoms with E-state index < -0.39 is 46.5 Å². The first-order valence-electron chi connectivity index (χ1n) is 18.2. The van der Waals surface area contributed by atoms with E-state index in [1.807, 2.05) is 78.9 Å². The molecule has 0 spiro atoms. The van der Waals surface area contributed by atoms with Crippen molar-refractivity contribution in [1.29, 1.82) is 0 Å². The summed E-state index contributed by atoms with van der Waals surface area (Å²) in [4.78, 5) is 0.985. The molecule has 1 saturated heterocycles. The van der Waals surface area contributed by atoms with Gasteiger partial charge in [0.1, 0.15) is 29.9 Å². The Morgan fingerprint density at radius 2 is 0.904 bits per heavy atom. The topological polar surface area (TPSA) is 68.2 Å². The Labute approximate surface area is 316 Å². The van der Waals surface area contributed by atoms with Crippen LogP contribution in [-0.2, 0) is 13.6 Å². The van der Waals surface area contributed by atoms with Gasteiger partial charge in [-0.05, 0) is 43.0 Å². The third-order valence-electron chi connectivity index (χ3n) is 10.3. The third-order valence-corrected chi connectivity index (χ3v) is 21.4. The highest BCUT2D eigenvalue weighted by Crippen LogP contribution is 2.43. The maximum atomic E-state index is 12.3. The standard InChI is InChI=1S/C44H52O5SSi2/c1-43(2,3)51(34-24-14-8-15-25-34,35-26-16-9-17-27-35)47-32-38-39(45)40(46)41(42(48-38)50-33-22-12-7-13-23-33)49-52(44(4,5)6,36-28-18-10-19-29-36)37-30-20-11-21-31-37/h7-31,38-42,45-46H,32H2,1-6H3/t38-,39-,40+,41+,42-/m1/s1. The molecule has 0 saturated carbocycles. The van der Waals surface area contributed by atoms with Crippen LogP contribution in [-0.4, -0.2) is 63.3 Å². The Morgan fingerprint density at radius 1 is 0.538 bits per heavy atom. The van der Waals surface area contributed by atoms with Crippen molar-refractivity contribution in [1.82, 2.24) is 0 Å². The maximum Gasteiger partial charge on any atom is 0.261 e. The van der Waals surface area contributed by atoms with Crippen molar-refractivity contribution >= 4 is 49.1 Å². The van der Waals surface area contributed by atoms with Crippen LogP contribution in [0.2, 0.25) is 10.1 Å². The van der Waals surface area contributed by atoms with E-state index in [1.54, 1.807) is 0 Å². The van der Waals surface area contributed by atoms with Crippen LogP contribution in [0.1, 0.15) is 41.5 Å². The van der Waals surface area contributed by atoms with Crippen molar-refractivity contribution in [2.24, 2.45) is 0 Å². The predicted molar refractivity (Wildman–Crippen MR) is 219 cm³/mol. The lowest BCUT2D eigenvalue weighted by Crippen LogP contribution is -2.72. The minimum absolute atomic E-state index is 0.100. The van der Waals surface area contributed by atoms with Gasteiger partial charge in [0.2, 0.25) is 0 Å². The minimum atomic E-state index is -3.14. The second-order valence-corrected chi connectivity index (χ2v) is 25.4. The van der Waals surface area contributed by atoms with Crippen LogP contribution in [0, 0.1) is 0 Å². The fourth-order valence-electron chi connectivity index (χ4n) is 7.76. The summed E-state index contributed by atoms with van der Waals surface area (Å²) in [6.07, 6.45) is -4.16. The molecule has 1 fully saturated rings. The van der Waals surface area contributed by atoms with Gasteiger partial charge in [-0.3, -0.25) is 0 Å². The zero-order valence-electron chi connectivity index (χ0n) is 31.1. The van der Waals surface area contributed by atoms with E-state index in [1.165, 1.54) is 11.8 Å². The molecule has 5 aromatic carbocycles. The number of thioether (sulfide) groups is 1. The summed E-state index contributed by atoms with van der Waals surface area (Å²) in [6.45, 7) is 13.4. The fourth-order valence-corrected chi connectivity index (χ4v) is 18.2. The summed E-state index contributed by atoms with van der Waals surface area (Å²) in [6, 6.07) is 51.7. The maximum absolute atomic E-state index is 12.3. The molecule has 1 aliphatic rings. The second-order valence-electron chi connectivity index (χ2n) is 15.7. The molecule has 0 aliphatic carbocycles. The van der Waals surface area contributed by atoms with Crippen molar-refractivity contribution in [3.8, 4) is 0 Å². The normalized spacial score (nSPS) is 21.5. The predicted octanol–water partition coefficient (Wildman–Crippen LogP) is 6.75. The summed E-state index contributed by atoms with van der Waals surface area (Å²) < 4.78 is 21.7. The molecular formula is C44H52O5SSi2. The van der Waals surface area contributed by atoms with Gasteiger partial charge in [0, 0.05) is 4.90 Å². The van der Waals surface area contributed by atoms with Crippen LogP contribution >= 0.6 is 11.8 Å². The largest absolute Gasteiger partial charge is 0.405 e. The first-order valence-corrected chi connectivity index (χ1v) is 22.9. The lowest BCUT2D eigenvalue weighted by molar-refractivity contribution is -0.200. The molecule has 5 atom stereocenters. The lowest BCUT2D eigenvalue weighted by atomic mass is 10.0. The molecule has 5 nitrogen and oxygen atoms in total. The lowest BCUT2D eigenvalue weighted by Gasteiger charge is -2.50. The molecule has 52 heavy (non-hydrogen) atoms. The van der Waals surface area contributed by atoms with Crippen molar-refractivity contribution < 1.29 is 23.8 Å². The molecular weight excluding hydrogens is 697 g/mol. The van der Waals surface area contributed by atoms with Gasteiger partial charge in [-0.25, -0.2) is 0 Å². The molecule has 0 radical (unpaired) electrons. The molecule has 6 rings (SSSR count). The van der Waals surface area contributed by atoms with Crippen LogP contribution in [0.25, 0.3) is 0 Å². The molecule has 1 aliphatic heterocycles. The second kappa shape index (κ2) is 16.0. The first kappa shape index (κ1) is 38.4. The quantitative estimate of drug-likeness (QED) is 0.146. The van der Waals surface area contributed by atoms with Crippen LogP contribution in [0.15, 0.2) is 157 Å². The summed E-state index contributed by atoms with van der Waals surface area (Å²) in [5.74, 6) is 0. The Hall–Kier alpha value is -3.32. The van der Waals surface area contributed by atoms with Gasteiger partial charge in [-0.15, -0.1) is 0 Å². The average Bonchev–Trinajstić information content (AvgIpc) is 3.15. The molecule has 0 bridgehead atoms. The van der Waals surface area contributed by atoms with E-state index >= 15 is 0 Å². The van der Waals surface area contributed by atoms with E-state index in [0.717, 1.165) is 25.6 Å². The summed E-state index contributed by atoms with van der Waals surface area (Å²) >= 11 is 1.52. The van der Waals surface area contributed by atoms with Crippen LogP contribution in [0.4, 0.5) is 0 Å². The van der Waals surface area contributed by atoms with Crippen LogP contribution < -0.4 is 20.7 Å². The zero-order chi connectivity index (χ0) is 37.0. The third kappa shape index (κ3) is 7.54.